The number of nitrogens with one attached hydrogen (secondary N) is 2. The molecule has 3 atom stereocenters. The third kappa shape index (κ3) is 7.59. The number of hydrogen-bond donors (Lipinski definition) is 3. The van der Waals surface area contributed by atoms with Gasteiger partial charge in [0, 0.05) is 18.1 Å². The molecular weight excluding hydrogens is 490 g/mol. The van der Waals surface area contributed by atoms with Crippen molar-refractivity contribution in [1.29, 1.82) is 0 Å². The van der Waals surface area contributed by atoms with Gasteiger partial charge in [0.15, 0.2) is 0 Å². The number of esters is 1. The summed E-state index contributed by atoms with van der Waals surface area (Å²) in [6, 6.07) is 12.0. The Morgan fingerprint density at radius 2 is 1.62 bits per heavy atom. The van der Waals surface area contributed by atoms with Crippen molar-refractivity contribution in [3.63, 3.8) is 0 Å². The van der Waals surface area contributed by atoms with Crippen LogP contribution in [0.2, 0.25) is 0 Å². The zero-order valence-corrected chi connectivity index (χ0v) is 19.3. The molecule has 0 bridgehead atoms. The number of aliphatic carboxylic acids is 1. The molecule has 0 aliphatic carbocycles. The summed E-state index contributed by atoms with van der Waals surface area (Å²) in [7, 11) is 0. The van der Waals surface area contributed by atoms with Gasteiger partial charge >= 0.3 is 18.0 Å². The average Bonchev–Trinajstić information content (AvgIpc) is 2.88. The number of carbonyl (C=O) groups is 5. The summed E-state index contributed by atoms with van der Waals surface area (Å²) in [5, 5.41) is 24.8. The van der Waals surface area contributed by atoms with E-state index in [0.29, 0.717) is 5.56 Å². The van der Waals surface area contributed by atoms with Gasteiger partial charge in [0.2, 0.25) is 11.7 Å². The Labute approximate surface area is 209 Å². The van der Waals surface area contributed by atoms with Gasteiger partial charge in [0.1, 0.15) is 19.3 Å². The summed E-state index contributed by atoms with van der Waals surface area (Å²) in [5.74, 6) is -5.64. The van der Waals surface area contributed by atoms with E-state index in [-0.39, 0.29) is 25.3 Å². The highest BCUT2D eigenvalue weighted by Gasteiger charge is 2.44. The number of carboxylic acids is 1. The van der Waals surface area contributed by atoms with E-state index in [0.717, 1.165) is 5.56 Å². The highest BCUT2D eigenvalue weighted by molar-refractivity contribution is 6.34. The van der Waals surface area contributed by atoms with Crippen LogP contribution in [0.4, 0.5) is 10.5 Å². The van der Waals surface area contributed by atoms with Crippen LogP contribution < -0.4 is 10.6 Å². The fraction of sp³-hybridized carbons (Fsp3) is 0.292. The summed E-state index contributed by atoms with van der Waals surface area (Å²) in [6.45, 7) is -0.396. The van der Waals surface area contributed by atoms with Crippen LogP contribution in [0.1, 0.15) is 24.0 Å². The molecule has 1 aliphatic heterocycles. The van der Waals surface area contributed by atoms with Crippen molar-refractivity contribution in [2.24, 2.45) is 5.92 Å². The topological polar surface area (TPSA) is 191 Å². The van der Waals surface area contributed by atoms with Crippen molar-refractivity contribution < 1.29 is 43.5 Å². The Kier molecular flexibility index (Phi) is 8.86. The summed E-state index contributed by atoms with van der Waals surface area (Å²) >= 11 is 0. The minimum atomic E-state index is -1.35. The first-order valence-electron chi connectivity index (χ1n) is 11.1. The van der Waals surface area contributed by atoms with E-state index in [2.05, 4.69) is 10.6 Å². The lowest BCUT2D eigenvalue weighted by Crippen LogP contribution is -2.69. The molecule has 1 aliphatic rings. The molecule has 1 fully saturated rings. The van der Waals surface area contributed by atoms with E-state index < -0.39 is 59.1 Å². The largest absolute Gasteiger partial charge is 0.481 e. The number of hydrogen-bond acceptors (Lipinski definition) is 9. The van der Waals surface area contributed by atoms with E-state index in [1.165, 1.54) is 24.3 Å². The lowest BCUT2D eigenvalue weighted by molar-refractivity contribution is -0.384. The predicted octanol–water partition coefficient (Wildman–Crippen LogP) is 1.48. The first-order chi connectivity index (χ1) is 17.6. The van der Waals surface area contributed by atoms with Crippen molar-refractivity contribution in [2.75, 3.05) is 0 Å². The highest BCUT2D eigenvalue weighted by atomic mass is 16.6. The normalized spacial score (nSPS) is 16.9. The molecule has 3 N–H and O–H groups in total. The lowest BCUT2D eigenvalue weighted by Gasteiger charge is -2.38. The van der Waals surface area contributed by atoms with E-state index in [1.807, 2.05) is 0 Å². The molecule has 1 unspecified atom stereocenters. The second-order valence-electron chi connectivity index (χ2n) is 8.19. The van der Waals surface area contributed by atoms with Gasteiger partial charge in [-0.3, -0.25) is 24.5 Å². The monoisotopic (exact) mass is 513 g/mol. The van der Waals surface area contributed by atoms with Crippen LogP contribution in [-0.4, -0.2) is 51.8 Å². The Hall–Kier alpha value is -4.81. The van der Waals surface area contributed by atoms with Crippen LogP contribution in [0.5, 0.6) is 0 Å². The SMILES string of the molecule is O=C(O)CC(C[C@@H]1NC(=O)[C@H]1NC(=O)OCc1ccccc1)C(=O)C(=O)OCc1ccc([N+](=O)[O-])cc1. The van der Waals surface area contributed by atoms with Crippen LogP contribution in [-0.2, 0) is 41.9 Å². The van der Waals surface area contributed by atoms with E-state index in [1.54, 1.807) is 30.3 Å². The number of nitro benzene ring substituents is 1. The molecule has 13 nitrogen and oxygen atoms in total. The van der Waals surface area contributed by atoms with Gasteiger partial charge in [-0.25, -0.2) is 9.59 Å². The molecule has 1 saturated heterocycles. The fourth-order valence-corrected chi connectivity index (χ4v) is 3.60. The summed E-state index contributed by atoms with van der Waals surface area (Å²) in [4.78, 5) is 70.4. The van der Waals surface area contributed by atoms with Gasteiger partial charge in [-0.05, 0) is 29.7 Å². The number of β-lactam (4-membered cyclic amide) rings is 1. The number of benzene rings is 2. The van der Waals surface area contributed by atoms with Crippen LogP contribution >= 0.6 is 0 Å². The first-order valence-corrected chi connectivity index (χ1v) is 11.1. The maximum atomic E-state index is 12.6. The van der Waals surface area contributed by atoms with Crippen LogP contribution in [0, 0.1) is 16.0 Å². The van der Waals surface area contributed by atoms with Gasteiger partial charge in [0.05, 0.1) is 17.4 Å². The Morgan fingerprint density at radius 3 is 2.22 bits per heavy atom. The average molecular weight is 513 g/mol. The van der Waals surface area contributed by atoms with E-state index in [9.17, 15) is 39.2 Å². The van der Waals surface area contributed by atoms with Gasteiger partial charge in [0.25, 0.3) is 5.69 Å². The van der Waals surface area contributed by atoms with Crippen LogP contribution in [0.15, 0.2) is 54.6 Å². The van der Waals surface area contributed by atoms with Crippen LogP contribution in [0.25, 0.3) is 0 Å². The molecule has 0 spiro atoms. The molecule has 2 amide bonds. The molecular formula is C24H23N3O10. The quantitative estimate of drug-likeness (QED) is 0.123. The van der Waals surface area contributed by atoms with Crippen molar-refractivity contribution in [2.45, 2.75) is 38.1 Å². The second-order valence-corrected chi connectivity index (χ2v) is 8.19. The van der Waals surface area contributed by atoms with Crippen LogP contribution in [0.3, 0.4) is 0 Å². The zero-order chi connectivity index (χ0) is 26.9. The minimum absolute atomic E-state index is 0.0353. The fourth-order valence-electron chi connectivity index (χ4n) is 3.60. The van der Waals surface area contributed by atoms with Gasteiger partial charge in [-0.2, -0.15) is 0 Å². The van der Waals surface area contributed by atoms with E-state index >= 15 is 0 Å². The number of alkyl carbamates (subject to hydrolysis) is 1. The number of nitro groups is 1. The molecule has 2 aromatic rings. The molecule has 3 rings (SSSR count). The van der Waals surface area contributed by atoms with Crippen molar-refractivity contribution in [3.05, 3.63) is 75.8 Å². The number of nitrogens with zero attached hydrogens (tertiary/aromatic N) is 1. The summed E-state index contributed by atoms with van der Waals surface area (Å²) in [5.41, 5.74) is 0.944. The van der Waals surface area contributed by atoms with Gasteiger partial charge < -0.3 is 25.2 Å². The van der Waals surface area contributed by atoms with Gasteiger partial charge in [-0.15, -0.1) is 0 Å². The molecule has 0 saturated carbocycles. The number of ether oxygens (including phenoxy) is 2. The third-order valence-corrected chi connectivity index (χ3v) is 5.55. The zero-order valence-electron chi connectivity index (χ0n) is 19.3. The third-order valence-electron chi connectivity index (χ3n) is 5.55. The molecule has 0 radical (unpaired) electrons. The van der Waals surface area contributed by atoms with Crippen molar-refractivity contribution >= 4 is 35.4 Å². The Morgan fingerprint density at radius 1 is 1.00 bits per heavy atom. The Bertz CT molecular complexity index is 1180. The molecule has 2 aromatic carbocycles. The molecule has 37 heavy (non-hydrogen) atoms. The lowest BCUT2D eigenvalue weighted by atomic mass is 9.85. The first kappa shape index (κ1) is 26.8. The number of rotatable bonds is 12. The Balaban J connectivity index is 1.55. The number of ketones is 1. The number of Topliss-reactive ketones (excluding diaryl/α,β-unsaturated/α-hetero) is 1. The number of amides is 2. The molecule has 1 heterocycles. The maximum absolute atomic E-state index is 12.6. The molecule has 0 aromatic heterocycles. The highest BCUT2D eigenvalue weighted by Crippen LogP contribution is 2.21. The minimum Gasteiger partial charge on any atom is -0.481 e. The van der Waals surface area contributed by atoms with Crippen molar-refractivity contribution in [3.8, 4) is 0 Å². The van der Waals surface area contributed by atoms with E-state index in [4.69, 9.17) is 9.47 Å². The smallest absolute Gasteiger partial charge is 0.408 e. The predicted molar refractivity (Wildman–Crippen MR) is 124 cm³/mol. The summed E-state index contributed by atoms with van der Waals surface area (Å²) < 4.78 is 10.0. The molecule has 13 heteroatoms. The van der Waals surface area contributed by atoms with Gasteiger partial charge in [-0.1, -0.05) is 30.3 Å². The second kappa shape index (κ2) is 12.2. The van der Waals surface area contributed by atoms with Crippen molar-refractivity contribution in [1.82, 2.24) is 10.6 Å². The maximum Gasteiger partial charge on any atom is 0.408 e. The standard InChI is InChI=1S/C24H23N3O10/c28-19(29)11-16(21(30)23(32)36-12-15-6-8-17(9-7-15)27(34)35)10-18-20(22(31)25-18)26-24(33)37-13-14-4-2-1-3-5-14/h1-9,16,18,20H,10-13H2,(H,25,31)(H,26,33)(H,28,29)/t16?,18-,20-/m0/s1. The number of non-ortho nitro benzene ring substituents is 1. The number of carbonyl (C=O) groups excluding carboxylic acids is 4. The molecule has 194 valence electrons. The summed E-state index contributed by atoms with van der Waals surface area (Å²) in [6.07, 6.45) is -1.83. The number of carboxylic acid groups (broad SMARTS) is 1.